The summed E-state index contributed by atoms with van der Waals surface area (Å²) in [5.41, 5.74) is 0. The third kappa shape index (κ3) is 3.10. The third-order valence-electron chi connectivity index (χ3n) is 2.74. The molecule has 2 aromatic heterocycles. The van der Waals surface area contributed by atoms with Crippen LogP contribution in [0, 0.1) is 0 Å². The number of aromatic nitrogens is 2. The maximum atomic E-state index is 6.16. The number of nitrogens with zero attached hydrogens (tertiary/aromatic N) is 2. The molecule has 0 amide bonds. The largest absolute Gasteiger partial charge is 0.461 e. The molecule has 3 aromatic rings. The highest BCUT2D eigenvalue weighted by Gasteiger charge is 2.19. The summed E-state index contributed by atoms with van der Waals surface area (Å²) in [6.45, 7) is 1.95. The molecule has 3 rings (SSSR count). The smallest absolute Gasteiger partial charge is 0.240 e. The topological polar surface area (TPSA) is 52.1 Å². The van der Waals surface area contributed by atoms with E-state index in [0.717, 1.165) is 4.90 Å². The van der Waals surface area contributed by atoms with Crippen molar-refractivity contribution in [2.24, 2.45) is 0 Å². The third-order valence-corrected chi connectivity index (χ3v) is 4.83. The van der Waals surface area contributed by atoms with Crippen LogP contribution in [0.1, 0.15) is 18.1 Å². The van der Waals surface area contributed by atoms with Crippen molar-refractivity contribution in [1.29, 1.82) is 0 Å². The molecular weight excluding hydrogens is 331 g/mol. The minimum absolute atomic E-state index is 0.0846. The van der Waals surface area contributed by atoms with Crippen molar-refractivity contribution >= 4 is 35.0 Å². The number of hydrogen-bond acceptors (Lipinski definition) is 5. The van der Waals surface area contributed by atoms with E-state index in [9.17, 15) is 0 Å². The van der Waals surface area contributed by atoms with Gasteiger partial charge in [-0.2, -0.15) is 4.98 Å². The summed E-state index contributed by atoms with van der Waals surface area (Å²) in [5, 5.41) is 5.03. The minimum Gasteiger partial charge on any atom is -0.461 e. The first kappa shape index (κ1) is 14.5. The van der Waals surface area contributed by atoms with Crippen LogP contribution in [0.15, 0.2) is 50.4 Å². The molecule has 0 fully saturated rings. The van der Waals surface area contributed by atoms with Crippen LogP contribution in [-0.2, 0) is 0 Å². The fraction of sp³-hybridized carbons (Fsp3) is 0.143. The highest BCUT2D eigenvalue weighted by Crippen LogP contribution is 2.42. The van der Waals surface area contributed by atoms with Gasteiger partial charge in [-0.05, 0) is 31.2 Å². The Labute approximate surface area is 135 Å². The lowest BCUT2D eigenvalue weighted by Crippen LogP contribution is -1.90. The molecule has 1 unspecified atom stereocenters. The van der Waals surface area contributed by atoms with Crippen molar-refractivity contribution in [1.82, 2.24) is 10.1 Å². The maximum absolute atomic E-state index is 6.16. The van der Waals surface area contributed by atoms with E-state index in [1.54, 1.807) is 36.6 Å². The van der Waals surface area contributed by atoms with E-state index >= 15 is 0 Å². The van der Waals surface area contributed by atoms with Crippen molar-refractivity contribution < 1.29 is 8.94 Å². The van der Waals surface area contributed by atoms with Crippen LogP contribution in [0.2, 0.25) is 10.0 Å². The highest BCUT2D eigenvalue weighted by atomic mass is 35.5. The monoisotopic (exact) mass is 340 g/mol. The SMILES string of the molecule is CC(Sc1c(Cl)cccc1Cl)c1nc(-c2ccco2)no1. The number of furan rings is 1. The van der Waals surface area contributed by atoms with Gasteiger partial charge >= 0.3 is 0 Å². The average Bonchev–Trinajstić information content (AvgIpc) is 3.12. The second-order valence-corrected chi connectivity index (χ2v) is 6.41. The zero-order valence-electron chi connectivity index (χ0n) is 10.9. The Balaban J connectivity index is 1.81. The summed E-state index contributed by atoms with van der Waals surface area (Å²) in [4.78, 5) is 5.13. The lowest BCUT2D eigenvalue weighted by Gasteiger charge is -2.09. The summed E-state index contributed by atoms with van der Waals surface area (Å²) in [7, 11) is 0. The predicted molar refractivity (Wildman–Crippen MR) is 82.7 cm³/mol. The van der Waals surface area contributed by atoms with Gasteiger partial charge in [0.2, 0.25) is 11.7 Å². The van der Waals surface area contributed by atoms with Crippen LogP contribution in [0.5, 0.6) is 0 Å². The molecule has 108 valence electrons. The summed E-state index contributed by atoms with van der Waals surface area (Å²) in [5.74, 6) is 1.48. The molecule has 0 saturated heterocycles. The van der Waals surface area contributed by atoms with E-state index in [0.29, 0.717) is 27.5 Å². The summed E-state index contributed by atoms with van der Waals surface area (Å²) < 4.78 is 10.5. The van der Waals surface area contributed by atoms with Crippen LogP contribution < -0.4 is 0 Å². The van der Waals surface area contributed by atoms with E-state index < -0.39 is 0 Å². The van der Waals surface area contributed by atoms with E-state index in [1.165, 1.54) is 11.8 Å². The first-order valence-electron chi connectivity index (χ1n) is 6.13. The number of benzene rings is 1. The van der Waals surface area contributed by atoms with Crippen LogP contribution in [0.4, 0.5) is 0 Å². The Morgan fingerprint density at radius 1 is 1.14 bits per heavy atom. The lowest BCUT2D eigenvalue weighted by molar-refractivity contribution is 0.379. The normalized spacial score (nSPS) is 12.5. The van der Waals surface area contributed by atoms with Crippen molar-refractivity contribution in [3.05, 3.63) is 52.5 Å². The molecule has 2 heterocycles. The van der Waals surface area contributed by atoms with Gasteiger partial charge in [0.05, 0.1) is 21.6 Å². The van der Waals surface area contributed by atoms with Gasteiger partial charge in [-0.15, -0.1) is 11.8 Å². The molecule has 0 aliphatic rings. The van der Waals surface area contributed by atoms with Crippen molar-refractivity contribution in [2.45, 2.75) is 17.1 Å². The summed E-state index contributed by atoms with van der Waals surface area (Å²) >= 11 is 13.8. The standard InChI is InChI=1S/C14H10Cl2N2O2S/c1-8(21-12-9(15)4-2-5-10(12)16)14-17-13(18-20-14)11-6-3-7-19-11/h2-8H,1H3. The molecule has 1 atom stereocenters. The molecule has 0 aliphatic carbocycles. The van der Waals surface area contributed by atoms with Gasteiger partial charge in [0.15, 0.2) is 5.76 Å². The lowest BCUT2D eigenvalue weighted by atomic mass is 10.4. The Bertz CT molecular complexity index is 723. The molecule has 0 spiro atoms. The van der Waals surface area contributed by atoms with Gasteiger partial charge in [0.1, 0.15) is 0 Å². The van der Waals surface area contributed by atoms with Crippen LogP contribution >= 0.6 is 35.0 Å². The fourth-order valence-corrected chi connectivity index (χ4v) is 3.30. The molecule has 7 heteroatoms. The molecular formula is C14H10Cl2N2O2S. The molecule has 0 bridgehead atoms. The Morgan fingerprint density at radius 3 is 2.57 bits per heavy atom. The second kappa shape index (κ2) is 6.13. The Morgan fingerprint density at radius 2 is 1.90 bits per heavy atom. The molecule has 0 aliphatic heterocycles. The van der Waals surface area contributed by atoms with Gasteiger partial charge in [0, 0.05) is 4.90 Å². The first-order valence-corrected chi connectivity index (χ1v) is 7.77. The fourth-order valence-electron chi connectivity index (χ4n) is 1.73. The number of hydrogen-bond donors (Lipinski definition) is 0. The molecule has 4 nitrogen and oxygen atoms in total. The molecule has 0 saturated carbocycles. The Hall–Kier alpha value is -1.43. The molecule has 0 radical (unpaired) electrons. The van der Waals surface area contributed by atoms with Crippen molar-refractivity contribution in [2.75, 3.05) is 0 Å². The van der Waals surface area contributed by atoms with E-state index in [4.69, 9.17) is 32.1 Å². The number of rotatable bonds is 4. The van der Waals surface area contributed by atoms with Gasteiger partial charge in [-0.25, -0.2) is 0 Å². The molecule has 21 heavy (non-hydrogen) atoms. The van der Waals surface area contributed by atoms with Crippen LogP contribution in [0.3, 0.4) is 0 Å². The number of thioether (sulfide) groups is 1. The van der Waals surface area contributed by atoms with E-state index in [-0.39, 0.29) is 5.25 Å². The summed E-state index contributed by atoms with van der Waals surface area (Å²) in [6.07, 6.45) is 1.56. The van der Waals surface area contributed by atoms with Gasteiger partial charge in [-0.3, -0.25) is 0 Å². The number of halogens is 2. The summed E-state index contributed by atoms with van der Waals surface area (Å²) in [6, 6.07) is 8.95. The zero-order chi connectivity index (χ0) is 14.8. The van der Waals surface area contributed by atoms with Crippen LogP contribution in [0.25, 0.3) is 11.6 Å². The van der Waals surface area contributed by atoms with Gasteiger partial charge < -0.3 is 8.94 Å². The second-order valence-electron chi connectivity index (χ2n) is 4.24. The van der Waals surface area contributed by atoms with Crippen molar-refractivity contribution in [3.63, 3.8) is 0 Å². The first-order chi connectivity index (χ1) is 10.1. The van der Waals surface area contributed by atoms with E-state index in [1.807, 2.05) is 6.92 Å². The molecule has 0 N–H and O–H groups in total. The quantitative estimate of drug-likeness (QED) is 0.587. The Kier molecular flexibility index (Phi) is 4.24. The average molecular weight is 341 g/mol. The van der Waals surface area contributed by atoms with Gasteiger partial charge in [-0.1, -0.05) is 34.4 Å². The van der Waals surface area contributed by atoms with E-state index in [2.05, 4.69) is 10.1 Å². The zero-order valence-corrected chi connectivity index (χ0v) is 13.2. The van der Waals surface area contributed by atoms with Crippen molar-refractivity contribution in [3.8, 4) is 11.6 Å². The van der Waals surface area contributed by atoms with Gasteiger partial charge in [0.25, 0.3) is 0 Å². The molecule has 1 aromatic carbocycles. The predicted octanol–water partition coefficient (Wildman–Crippen LogP) is 5.49. The maximum Gasteiger partial charge on any atom is 0.240 e. The van der Waals surface area contributed by atoms with Crippen LogP contribution in [-0.4, -0.2) is 10.1 Å². The highest BCUT2D eigenvalue weighted by molar-refractivity contribution is 7.99. The minimum atomic E-state index is -0.0846.